The van der Waals surface area contributed by atoms with Crippen LogP contribution in [0.2, 0.25) is 8.35 Å². The monoisotopic (exact) mass is 802 g/mol. The van der Waals surface area contributed by atoms with E-state index in [4.69, 9.17) is 0 Å². The van der Waals surface area contributed by atoms with Crippen molar-refractivity contribution in [2.45, 2.75) is 81.9 Å². The number of hydrogen-bond acceptors (Lipinski definition) is 0. The molecular weight excluding hydrogens is 754 g/mol. The van der Waals surface area contributed by atoms with Gasteiger partial charge in [0.05, 0.1) is 0 Å². The molecule has 4 aromatic carbocycles. The second kappa shape index (κ2) is 13.5. The summed E-state index contributed by atoms with van der Waals surface area (Å²) < 4.78 is 4.47. The Morgan fingerprint density at radius 1 is 0.556 bits per heavy atom. The van der Waals surface area contributed by atoms with Crippen LogP contribution in [0.25, 0.3) is 34.4 Å². The fourth-order valence-corrected chi connectivity index (χ4v) is 36.9. The van der Waals surface area contributed by atoms with Crippen LogP contribution in [0, 0.1) is 0 Å². The molecule has 0 bridgehead atoms. The quantitative estimate of drug-likeness (QED) is 0.156. The number of allylic oxidation sites excluding steroid dienone is 2. The van der Waals surface area contributed by atoms with Crippen LogP contribution >= 0.6 is 24.8 Å². The van der Waals surface area contributed by atoms with Crippen molar-refractivity contribution < 1.29 is 20.0 Å². The Labute approximate surface area is 288 Å². The van der Waals surface area contributed by atoms with Crippen LogP contribution in [0.1, 0.15) is 107 Å². The van der Waals surface area contributed by atoms with Crippen LogP contribution in [0.3, 0.4) is 0 Å². The van der Waals surface area contributed by atoms with E-state index in [1.54, 1.807) is 22.3 Å². The molecule has 0 saturated carbocycles. The van der Waals surface area contributed by atoms with Crippen molar-refractivity contribution >= 4 is 37.0 Å². The first-order valence-electron chi connectivity index (χ1n) is 16.7. The Hall–Kier alpha value is -2.19. The van der Waals surface area contributed by atoms with Gasteiger partial charge in [0.25, 0.3) is 0 Å². The van der Waals surface area contributed by atoms with E-state index in [9.17, 15) is 0 Å². The van der Waals surface area contributed by atoms with Crippen molar-refractivity contribution in [3.8, 4) is 22.3 Å². The van der Waals surface area contributed by atoms with Crippen molar-refractivity contribution in [1.82, 2.24) is 0 Å². The van der Waals surface area contributed by atoms with Crippen LogP contribution in [0.4, 0.5) is 0 Å². The molecule has 3 heteroatoms. The molecule has 45 heavy (non-hydrogen) atoms. The van der Waals surface area contributed by atoms with Crippen molar-refractivity contribution in [1.29, 1.82) is 0 Å². The molecule has 2 aliphatic carbocycles. The molecular formula is C42H48Cl2Hf. The van der Waals surface area contributed by atoms with E-state index in [-0.39, 0.29) is 24.8 Å². The second-order valence-electron chi connectivity index (χ2n) is 13.9. The zero-order chi connectivity index (χ0) is 29.9. The average Bonchev–Trinajstić information content (AvgIpc) is 3.56. The Morgan fingerprint density at radius 3 is 1.24 bits per heavy atom. The van der Waals surface area contributed by atoms with Gasteiger partial charge in [-0.05, 0) is 0 Å². The summed E-state index contributed by atoms with van der Waals surface area (Å²) in [4.78, 5) is 0. The SMILES string of the molecule is CCC1=Cc2c(-c3ccc(C(C)C)cc3)cccc2[CH]1[Hf]1([CH]2C(CC)=Cc3c(-c4ccc(C(C)C)cc4)cccc32)[CH2][CH2]1.Cl.Cl. The van der Waals surface area contributed by atoms with Gasteiger partial charge in [-0.15, -0.1) is 24.8 Å². The van der Waals surface area contributed by atoms with E-state index in [1.807, 2.05) is 0 Å². The molecule has 7 rings (SSSR count). The van der Waals surface area contributed by atoms with Gasteiger partial charge in [-0.2, -0.15) is 0 Å². The summed E-state index contributed by atoms with van der Waals surface area (Å²) in [6.45, 7) is 13.9. The fourth-order valence-electron chi connectivity index (χ4n) is 8.39. The van der Waals surface area contributed by atoms with Crippen molar-refractivity contribution in [3.05, 3.63) is 129 Å². The van der Waals surface area contributed by atoms with E-state index in [0.29, 0.717) is 19.2 Å². The number of rotatable bonds is 8. The van der Waals surface area contributed by atoms with Gasteiger partial charge >= 0.3 is 266 Å². The van der Waals surface area contributed by atoms with Crippen LogP contribution in [-0.4, -0.2) is 0 Å². The first-order chi connectivity index (χ1) is 20.9. The van der Waals surface area contributed by atoms with Crippen molar-refractivity contribution in [2.24, 2.45) is 0 Å². The maximum atomic E-state index is 2.63. The van der Waals surface area contributed by atoms with E-state index in [0.717, 1.165) is 0 Å². The topological polar surface area (TPSA) is 0 Å². The molecule has 0 aromatic heterocycles. The van der Waals surface area contributed by atoms with Crippen LogP contribution in [-0.2, 0) is 20.0 Å². The van der Waals surface area contributed by atoms with E-state index >= 15 is 0 Å². The third-order valence-corrected chi connectivity index (χ3v) is 30.0. The Bertz CT molecular complexity index is 1610. The Morgan fingerprint density at radius 2 is 0.933 bits per heavy atom. The molecule has 1 fully saturated rings. The van der Waals surface area contributed by atoms with Gasteiger partial charge in [0.2, 0.25) is 0 Å². The minimum absolute atomic E-state index is 0. The molecule has 3 aliphatic rings. The summed E-state index contributed by atoms with van der Waals surface area (Å²) >= 11 is -2.86. The Kier molecular flexibility index (Phi) is 10.2. The average molecular weight is 802 g/mol. The summed E-state index contributed by atoms with van der Waals surface area (Å²) in [5.74, 6) is 1.12. The van der Waals surface area contributed by atoms with Crippen LogP contribution < -0.4 is 0 Å². The number of fused-ring (bicyclic) bond motifs is 2. The molecule has 0 N–H and O–H groups in total. The van der Waals surface area contributed by atoms with Gasteiger partial charge in [-0.1, -0.05) is 0 Å². The largest absolute Gasteiger partial charge is 0.147 e. The summed E-state index contributed by atoms with van der Waals surface area (Å²) in [6, 6.07) is 33.2. The minimum Gasteiger partial charge on any atom is -0.147 e. The molecule has 0 spiro atoms. The molecule has 2 atom stereocenters. The van der Waals surface area contributed by atoms with Gasteiger partial charge in [-0.25, -0.2) is 0 Å². The molecule has 0 amide bonds. The number of benzene rings is 4. The minimum atomic E-state index is -2.86. The van der Waals surface area contributed by atoms with Crippen molar-refractivity contribution in [2.75, 3.05) is 0 Å². The first-order valence-corrected chi connectivity index (χ1v) is 26.0. The first kappa shape index (κ1) is 34.2. The summed E-state index contributed by atoms with van der Waals surface area (Å²) in [5, 5.41) is 0. The summed E-state index contributed by atoms with van der Waals surface area (Å²) in [7, 11) is 0. The zero-order valence-corrected chi connectivity index (χ0v) is 32.9. The molecule has 0 nitrogen and oxygen atoms in total. The van der Waals surface area contributed by atoms with Gasteiger partial charge in [0.15, 0.2) is 0 Å². The molecule has 234 valence electrons. The Balaban J connectivity index is 0.00000200. The third kappa shape index (κ3) is 5.81. The molecule has 0 radical (unpaired) electrons. The maximum Gasteiger partial charge on any atom is -0.147 e. The molecule has 2 unspecified atom stereocenters. The van der Waals surface area contributed by atoms with E-state index < -0.39 is 20.0 Å². The molecule has 1 heterocycles. The summed E-state index contributed by atoms with van der Waals surface area (Å²) in [6.07, 6.45) is 7.59. The van der Waals surface area contributed by atoms with Gasteiger partial charge in [-0.3, -0.25) is 0 Å². The number of halogens is 2. The molecule has 1 aliphatic heterocycles. The predicted molar refractivity (Wildman–Crippen MR) is 198 cm³/mol. The maximum absolute atomic E-state index is 2.86. The smallest absolute Gasteiger partial charge is 0.147 e. The number of hydrogen-bond donors (Lipinski definition) is 0. The van der Waals surface area contributed by atoms with Crippen LogP contribution in [0.5, 0.6) is 0 Å². The van der Waals surface area contributed by atoms with Gasteiger partial charge in [0, 0.05) is 0 Å². The van der Waals surface area contributed by atoms with Crippen LogP contribution in [0.15, 0.2) is 96.1 Å². The third-order valence-electron chi connectivity index (χ3n) is 10.9. The second-order valence-corrected chi connectivity index (χ2v) is 30.5. The standard InChI is InChI=1S/2C20H21.C2H4.2ClH.Hf/c2*1-4-15-12-18-6-5-7-19(20(18)13-15)17-10-8-16(9-11-17)14(2)3;1-2;;;/h2*5-14H,4H2,1-3H3;1-2H2;2*1H;. The normalized spacial score (nSPS) is 18.9. The summed E-state index contributed by atoms with van der Waals surface area (Å²) in [5.41, 5.74) is 18.2. The van der Waals surface area contributed by atoms with E-state index in [1.165, 1.54) is 65.7 Å². The van der Waals surface area contributed by atoms with Gasteiger partial charge < -0.3 is 0 Å². The molecule has 1 saturated heterocycles. The van der Waals surface area contributed by atoms with Crippen molar-refractivity contribution in [3.63, 3.8) is 0 Å². The molecule has 4 aromatic rings. The fraction of sp³-hybridized carbons (Fsp3) is 0.333. The predicted octanol–water partition coefficient (Wildman–Crippen LogP) is 13.5. The zero-order valence-electron chi connectivity index (χ0n) is 27.7. The van der Waals surface area contributed by atoms with E-state index in [2.05, 4.69) is 139 Å². The van der Waals surface area contributed by atoms with Gasteiger partial charge in [0.1, 0.15) is 0 Å².